The first kappa shape index (κ1) is 31.9. The SMILES string of the molecule is CCN[C@@H](C)C(=O)NC1CN(C(=O)c2ccc(C(C)=O)cc2)c2ccccc2N(Cc2c(OC)ccc3cc(Br)ccc23)C1=O. The molecule has 9 nitrogen and oxygen atoms in total. The van der Waals surface area contributed by atoms with Gasteiger partial charge in [-0.25, -0.2) is 0 Å². The Bertz CT molecular complexity index is 1770. The molecule has 0 saturated carbocycles. The fourth-order valence-electron chi connectivity index (χ4n) is 5.61. The zero-order valence-corrected chi connectivity index (χ0v) is 27.2. The fourth-order valence-corrected chi connectivity index (χ4v) is 5.98. The van der Waals surface area contributed by atoms with Gasteiger partial charge in [0.1, 0.15) is 11.8 Å². The number of ketones is 1. The highest BCUT2D eigenvalue weighted by atomic mass is 79.9. The van der Waals surface area contributed by atoms with Crippen LogP contribution in [0.1, 0.15) is 47.1 Å². The van der Waals surface area contributed by atoms with Gasteiger partial charge in [0.25, 0.3) is 11.8 Å². The van der Waals surface area contributed by atoms with E-state index in [1.807, 2.05) is 49.4 Å². The lowest BCUT2D eigenvalue weighted by Gasteiger charge is -2.27. The van der Waals surface area contributed by atoms with Crippen LogP contribution in [0, 0.1) is 0 Å². The predicted octanol–water partition coefficient (Wildman–Crippen LogP) is 5.49. The highest BCUT2D eigenvalue weighted by Crippen LogP contribution is 2.38. The quantitative estimate of drug-likeness (QED) is 0.228. The monoisotopic (exact) mass is 670 g/mol. The molecule has 1 unspecified atom stereocenters. The number of hydrogen-bond donors (Lipinski definition) is 2. The Hall–Kier alpha value is -4.54. The number of ether oxygens (including phenoxy) is 1. The predicted molar refractivity (Wildman–Crippen MR) is 179 cm³/mol. The van der Waals surface area contributed by atoms with E-state index in [-0.39, 0.29) is 36.6 Å². The summed E-state index contributed by atoms with van der Waals surface area (Å²) in [4.78, 5) is 56.9. The fraction of sp³-hybridized carbons (Fsp3) is 0.257. The number of fused-ring (bicyclic) bond motifs is 2. The van der Waals surface area contributed by atoms with E-state index in [2.05, 4.69) is 26.6 Å². The maximum absolute atomic E-state index is 14.5. The first-order valence-electron chi connectivity index (χ1n) is 14.7. The van der Waals surface area contributed by atoms with E-state index >= 15 is 0 Å². The van der Waals surface area contributed by atoms with Gasteiger partial charge >= 0.3 is 0 Å². The molecule has 2 N–H and O–H groups in total. The summed E-state index contributed by atoms with van der Waals surface area (Å²) in [7, 11) is 1.59. The number of nitrogens with one attached hydrogen (secondary N) is 2. The van der Waals surface area contributed by atoms with Gasteiger partial charge in [0.2, 0.25) is 5.91 Å². The van der Waals surface area contributed by atoms with Crippen molar-refractivity contribution in [2.45, 2.75) is 39.4 Å². The molecule has 0 aromatic heterocycles. The molecule has 5 rings (SSSR count). The number of halogens is 1. The average Bonchev–Trinajstić information content (AvgIpc) is 3.15. The molecular formula is C35H35BrN4O5. The number of para-hydroxylation sites is 2. The first-order valence-corrected chi connectivity index (χ1v) is 15.5. The molecule has 1 heterocycles. The number of nitrogens with zero attached hydrogens (tertiary/aromatic N) is 2. The normalized spacial score (nSPS) is 15.3. The lowest BCUT2D eigenvalue weighted by atomic mass is 10.0. The maximum Gasteiger partial charge on any atom is 0.258 e. The zero-order chi connectivity index (χ0) is 32.2. The Balaban J connectivity index is 1.63. The number of rotatable bonds is 9. The Morgan fingerprint density at radius 3 is 2.33 bits per heavy atom. The Morgan fingerprint density at radius 2 is 1.67 bits per heavy atom. The summed E-state index contributed by atoms with van der Waals surface area (Å²) in [5.41, 5.74) is 2.66. The van der Waals surface area contributed by atoms with Gasteiger partial charge in [0.05, 0.1) is 37.6 Å². The van der Waals surface area contributed by atoms with E-state index in [9.17, 15) is 19.2 Å². The summed E-state index contributed by atoms with van der Waals surface area (Å²) in [6.45, 7) is 5.69. The summed E-state index contributed by atoms with van der Waals surface area (Å²) in [5, 5.41) is 7.86. The minimum Gasteiger partial charge on any atom is -0.496 e. The summed E-state index contributed by atoms with van der Waals surface area (Å²) in [6, 6.07) is 21.8. The van der Waals surface area contributed by atoms with Crippen molar-refractivity contribution in [2.24, 2.45) is 0 Å². The first-order chi connectivity index (χ1) is 21.6. The molecule has 4 aromatic rings. The number of hydrogen-bond acceptors (Lipinski definition) is 6. The van der Waals surface area contributed by atoms with Gasteiger partial charge in [0, 0.05) is 21.2 Å². The Labute approximate surface area is 270 Å². The van der Waals surface area contributed by atoms with Crippen LogP contribution in [-0.2, 0) is 16.1 Å². The van der Waals surface area contributed by atoms with Crippen LogP contribution in [0.3, 0.4) is 0 Å². The molecule has 0 saturated heterocycles. The second-order valence-corrected chi connectivity index (χ2v) is 11.8. The van der Waals surface area contributed by atoms with Gasteiger partial charge in [0.15, 0.2) is 5.78 Å². The summed E-state index contributed by atoms with van der Waals surface area (Å²) in [6.07, 6.45) is 0. The van der Waals surface area contributed by atoms with Crippen molar-refractivity contribution >= 4 is 61.6 Å². The molecule has 0 aliphatic carbocycles. The molecule has 0 fully saturated rings. The standard InChI is InChI=1S/C35H35BrN4O5/c1-5-37-21(2)33(42)38-29-20-40(34(43)24-12-10-23(11-13-24)22(3)41)31-9-7-6-8-30(31)39(35(29)44)19-28-27-16-15-26(36)18-25(27)14-17-32(28)45-4/h6-18,21,29,37H,5,19-20H2,1-4H3,(H,38,42)/t21-,29?/m0/s1. The van der Waals surface area contributed by atoms with Crippen molar-refractivity contribution in [1.82, 2.24) is 10.6 Å². The molecule has 0 spiro atoms. The Morgan fingerprint density at radius 1 is 0.978 bits per heavy atom. The van der Waals surface area contributed by atoms with Crippen molar-refractivity contribution in [2.75, 3.05) is 30.0 Å². The van der Waals surface area contributed by atoms with E-state index < -0.39 is 12.1 Å². The van der Waals surface area contributed by atoms with Crippen LogP contribution >= 0.6 is 15.9 Å². The largest absolute Gasteiger partial charge is 0.496 e. The van der Waals surface area contributed by atoms with Gasteiger partial charge in [-0.05, 0) is 73.6 Å². The second kappa shape index (κ2) is 13.6. The van der Waals surface area contributed by atoms with E-state index in [0.29, 0.717) is 34.8 Å². The lowest BCUT2D eigenvalue weighted by molar-refractivity contribution is -0.128. The number of anilines is 2. The van der Waals surface area contributed by atoms with Crippen LogP contribution in [0.5, 0.6) is 5.75 Å². The van der Waals surface area contributed by atoms with Gasteiger partial charge < -0.3 is 25.2 Å². The van der Waals surface area contributed by atoms with Crippen LogP contribution in [0.25, 0.3) is 10.8 Å². The van der Waals surface area contributed by atoms with Crippen LogP contribution in [0.4, 0.5) is 11.4 Å². The van der Waals surface area contributed by atoms with Crippen molar-refractivity contribution in [3.63, 3.8) is 0 Å². The summed E-state index contributed by atoms with van der Waals surface area (Å²) < 4.78 is 6.68. The number of likely N-dealkylation sites (N-methyl/N-ethyl adjacent to an activating group) is 1. The molecule has 0 radical (unpaired) electrons. The van der Waals surface area contributed by atoms with Crippen LogP contribution < -0.4 is 25.2 Å². The molecule has 3 amide bonds. The Kier molecular flexibility index (Phi) is 9.65. The number of amides is 3. The smallest absolute Gasteiger partial charge is 0.258 e. The minimum absolute atomic E-state index is 0.0934. The third kappa shape index (κ3) is 6.62. The molecular weight excluding hydrogens is 636 g/mol. The molecule has 1 aliphatic rings. The average molecular weight is 672 g/mol. The molecule has 2 atom stereocenters. The van der Waals surface area contributed by atoms with Crippen molar-refractivity contribution in [1.29, 1.82) is 0 Å². The number of carbonyl (C=O) groups is 4. The molecule has 0 bridgehead atoms. The molecule has 45 heavy (non-hydrogen) atoms. The number of methoxy groups -OCH3 is 1. The van der Waals surface area contributed by atoms with E-state index in [4.69, 9.17) is 4.74 Å². The molecule has 10 heteroatoms. The van der Waals surface area contributed by atoms with Gasteiger partial charge in [-0.1, -0.05) is 59.3 Å². The number of Topliss-reactive ketones (excluding diaryl/α,β-unsaturated/α-hetero) is 1. The number of carbonyl (C=O) groups excluding carboxylic acids is 4. The highest BCUT2D eigenvalue weighted by Gasteiger charge is 2.38. The van der Waals surface area contributed by atoms with Crippen LogP contribution in [-0.4, -0.2) is 55.8 Å². The van der Waals surface area contributed by atoms with Crippen LogP contribution in [0.2, 0.25) is 0 Å². The third-order valence-corrected chi connectivity index (χ3v) is 8.48. The number of benzene rings is 4. The van der Waals surface area contributed by atoms with Crippen LogP contribution in [0.15, 0.2) is 83.3 Å². The lowest BCUT2D eigenvalue weighted by Crippen LogP contribution is -2.56. The highest BCUT2D eigenvalue weighted by molar-refractivity contribution is 9.10. The van der Waals surface area contributed by atoms with Gasteiger partial charge in [-0.2, -0.15) is 0 Å². The second-order valence-electron chi connectivity index (χ2n) is 10.9. The van der Waals surface area contributed by atoms with Gasteiger partial charge in [-0.3, -0.25) is 19.2 Å². The topological polar surface area (TPSA) is 108 Å². The maximum atomic E-state index is 14.5. The summed E-state index contributed by atoms with van der Waals surface area (Å²) in [5.74, 6) is -0.577. The van der Waals surface area contributed by atoms with Gasteiger partial charge in [-0.15, -0.1) is 0 Å². The van der Waals surface area contributed by atoms with E-state index in [1.165, 1.54) is 11.8 Å². The molecule has 4 aromatic carbocycles. The van der Waals surface area contributed by atoms with E-state index in [1.54, 1.807) is 55.3 Å². The van der Waals surface area contributed by atoms with Crippen molar-refractivity contribution in [3.8, 4) is 5.75 Å². The third-order valence-electron chi connectivity index (χ3n) is 7.98. The molecule has 232 valence electrons. The molecule has 1 aliphatic heterocycles. The van der Waals surface area contributed by atoms with E-state index in [0.717, 1.165) is 20.8 Å². The minimum atomic E-state index is -1.05. The zero-order valence-electron chi connectivity index (χ0n) is 25.6. The van der Waals surface area contributed by atoms with Crippen molar-refractivity contribution in [3.05, 3.63) is 100 Å². The summed E-state index contributed by atoms with van der Waals surface area (Å²) >= 11 is 3.54. The van der Waals surface area contributed by atoms with Crippen molar-refractivity contribution < 1.29 is 23.9 Å².